The van der Waals surface area contributed by atoms with Gasteiger partial charge in [0.2, 0.25) is 11.8 Å². The monoisotopic (exact) mass is 263 g/mol. The molecule has 0 aliphatic heterocycles. The van der Waals surface area contributed by atoms with Crippen LogP contribution in [0.1, 0.15) is 17.3 Å². The molecule has 6 heteroatoms. The summed E-state index contributed by atoms with van der Waals surface area (Å²) in [6, 6.07) is 5.25. The normalized spacial score (nSPS) is 10.6. The summed E-state index contributed by atoms with van der Waals surface area (Å²) in [7, 11) is 1.52. The van der Waals surface area contributed by atoms with E-state index in [1.54, 1.807) is 12.1 Å². The van der Waals surface area contributed by atoms with E-state index in [0.29, 0.717) is 36.9 Å². The highest BCUT2D eigenvalue weighted by molar-refractivity contribution is 5.41. The number of benzene rings is 1. The Kier molecular flexibility index (Phi) is 4.35. The van der Waals surface area contributed by atoms with Crippen LogP contribution in [0.15, 0.2) is 22.6 Å². The third kappa shape index (κ3) is 3.45. The number of aryl methyl sites for hydroxylation is 2. The van der Waals surface area contributed by atoms with Gasteiger partial charge in [-0.3, -0.25) is 0 Å². The van der Waals surface area contributed by atoms with E-state index in [1.807, 2.05) is 6.07 Å². The van der Waals surface area contributed by atoms with Crippen molar-refractivity contribution in [3.63, 3.8) is 0 Å². The van der Waals surface area contributed by atoms with Gasteiger partial charge in [0.25, 0.3) is 0 Å². The van der Waals surface area contributed by atoms with Crippen LogP contribution in [0.4, 0.5) is 0 Å². The van der Waals surface area contributed by atoms with Crippen molar-refractivity contribution in [1.29, 1.82) is 0 Å². The lowest BCUT2D eigenvalue weighted by atomic mass is 10.1. The maximum Gasteiger partial charge on any atom is 0.217 e. The first kappa shape index (κ1) is 13.4. The molecule has 2 rings (SSSR count). The Balaban J connectivity index is 1.97. The molecule has 0 unspecified atom stereocenters. The van der Waals surface area contributed by atoms with Gasteiger partial charge in [0.1, 0.15) is 0 Å². The number of hydrogen-bond donors (Lipinski definition) is 2. The zero-order valence-electron chi connectivity index (χ0n) is 10.8. The van der Waals surface area contributed by atoms with E-state index in [9.17, 15) is 5.11 Å². The molecule has 0 fully saturated rings. The third-order valence-electron chi connectivity index (χ3n) is 2.74. The highest BCUT2D eigenvalue weighted by Gasteiger charge is 2.07. The zero-order valence-corrected chi connectivity index (χ0v) is 10.8. The van der Waals surface area contributed by atoms with E-state index in [2.05, 4.69) is 10.2 Å². The Bertz CT molecular complexity index is 540. The first-order valence-corrected chi connectivity index (χ1v) is 6.10. The Morgan fingerprint density at radius 1 is 1.21 bits per heavy atom. The predicted octanol–water partition coefficient (Wildman–Crippen LogP) is 1.07. The summed E-state index contributed by atoms with van der Waals surface area (Å²) in [4.78, 5) is 0. The summed E-state index contributed by atoms with van der Waals surface area (Å²) in [6.45, 7) is 0.497. The van der Waals surface area contributed by atoms with Crippen molar-refractivity contribution in [2.24, 2.45) is 5.73 Å². The summed E-state index contributed by atoms with van der Waals surface area (Å²) in [5.74, 6) is 1.76. The highest BCUT2D eigenvalue weighted by Crippen LogP contribution is 2.26. The lowest BCUT2D eigenvalue weighted by Gasteiger charge is -2.05. The number of phenols is 1. The Hall–Kier alpha value is -2.08. The van der Waals surface area contributed by atoms with Crippen LogP contribution in [0.2, 0.25) is 0 Å². The van der Waals surface area contributed by atoms with Crippen molar-refractivity contribution in [2.45, 2.75) is 19.3 Å². The third-order valence-corrected chi connectivity index (χ3v) is 2.74. The van der Waals surface area contributed by atoms with Crippen LogP contribution in [0.3, 0.4) is 0 Å². The molecule has 1 heterocycles. The van der Waals surface area contributed by atoms with E-state index < -0.39 is 0 Å². The molecule has 19 heavy (non-hydrogen) atoms. The van der Waals surface area contributed by atoms with Crippen LogP contribution in [0.5, 0.6) is 11.5 Å². The second kappa shape index (κ2) is 6.19. The first-order chi connectivity index (χ1) is 9.22. The summed E-state index contributed by atoms with van der Waals surface area (Å²) in [5, 5.41) is 17.4. The molecule has 0 atom stereocenters. The smallest absolute Gasteiger partial charge is 0.217 e. The zero-order chi connectivity index (χ0) is 13.7. The summed E-state index contributed by atoms with van der Waals surface area (Å²) in [6.07, 6.45) is 1.98. The van der Waals surface area contributed by atoms with Crippen LogP contribution in [-0.4, -0.2) is 29.0 Å². The fourth-order valence-corrected chi connectivity index (χ4v) is 1.74. The van der Waals surface area contributed by atoms with Crippen molar-refractivity contribution >= 4 is 0 Å². The molecular formula is C13H17N3O3. The number of rotatable bonds is 6. The Labute approximate surface area is 111 Å². The molecule has 1 aromatic heterocycles. The minimum absolute atomic E-state index is 0.134. The largest absolute Gasteiger partial charge is 0.504 e. The molecule has 1 aromatic carbocycles. The average molecular weight is 263 g/mol. The molecule has 0 bridgehead atoms. The summed E-state index contributed by atoms with van der Waals surface area (Å²) in [5.41, 5.74) is 6.45. The molecular weight excluding hydrogens is 246 g/mol. The molecule has 0 radical (unpaired) electrons. The van der Waals surface area contributed by atoms with Crippen molar-refractivity contribution in [3.05, 3.63) is 35.5 Å². The van der Waals surface area contributed by atoms with Gasteiger partial charge in [-0.2, -0.15) is 0 Å². The molecule has 0 amide bonds. The van der Waals surface area contributed by atoms with Gasteiger partial charge in [-0.25, -0.2) is 0 Å². The maximum absolute atomic E-state index is 9.50. The lowest BCUT2D eigenvalue weighted by Crippen LogP contribution is -2.02. The number of methoxy groups -OCH3 is 1. The van der Waals surface area contributed by atoms with Gasteiger partial charge < -0.3 is 20.0 Å². The lowest BCUT2D eigenvalue weighted by molar-refractivity contribution is 0.373. The number of nitrogens with two attached hydrogens (primary N) is 1. The van der Waals surface area contributed by atoms with E-state index in [-0.39, 0.29) is 5.75 Å². The second-order valence-electron chi connectivity index (χ2n) is 4.13. The molecule has 0 aliphatic rings. The first-order valence-electron chi connectivity index (χ1n) is 6.10. The minimum Gasteiger partial charge on any atom is -0.504 e. The molecule has 102 valence electrons. The average Bonchev–Trinajstić information content (AvgIpc) is 2.86. The van der Waals surface area contributed by atoms with Gasteiger partial charge in [-0.15, -0.1) is 10.2 Å². The number of hydrogen-bond acceptors (Lipinski definition) is 6. The van der Waals surface area contributed by atoms with Crippen LogP contribution in [-0.2, 0) is 19.3 Å². The number of aromatic nitrogens is 2. The number of phenolic OH excluding ortho intramolecular Hbond substituents is 1. The highest BCUT2D eigenvalue weighted by atomic mass is 16.5. The van der Waals surface area contributed by atoms with Crippen LogP contribution < -0.4 is 10.5 Å². The molecule has 3 N–H and O–H groups in total. The quantitative estimate of drug-likeness (QED) is 0.809. The number of ether oxygens (including phenoxy) is 1. The van der Waals surface area contributed by atoms with E-state index >= 15 is 0 Å². The fraction of sp³-hybridized carbons (Fsp3) is 0.385. The van der Waals surface area contributed by atoms with Crippen molar-refractivity contribution < 1.29 is 14.3 Å². The standard InChI is InChI=1S/C13H17N3O3/c1-18-11-8-9(2-4-10(11)17)3-5-12-15-16-13(19-12)6-7-14/h2,4,8,17H,3,5-7,14H2,1H3. The second-order valence-corrected chi connectivity index (χ2v) is 4.13. The molecule has 0 aliphatic carbocycles. The van der Waals surface area contributed by atoms with E-state index in [4.69, 9.17) is 14.9 Å². The van der Waals surface area contributed by atoms with Crippen LogP contribution in [0, 0.1) is 0 Å². The van der Waals surface area contributed by atoms with Gasteiger partial charge in [0.15, 0.2) is 11.5 Å². The van der Waals surface area contributed by atoms with E-state index in [1.165, 1.54) is 7.11 Å². The van der Waals surface area contributed by atoms with Gasteiger partial charge in [0.05, 0.1) is 7.11 Å². The Morgan fingerprint density at radius 2 is 1.95 bits per heavy atom. The van der Waals surface area contributed by atoms with Gasteiger partial charge >= 0.3 is 0 Å². The van der Waals surface area contributed by atoms with E-state index in [0.717, 1.165) is 12.0 Å². The molecule has 2 aromatic rings. The van der Waals surface area contributed by atoms with Crippen molar-refractivity contribution in [1.82, 2.24) is 10.2 Å². The molecule has 0 spiro atoms. The summed E-state index contributed by atoms with van der Waals surface area (Å²) >= 11 is 0. The topological polar surface area (TPSA) is 94.4 Å². The minimum atomic E-state index is 0.134. The molecule has 0 saturated heterocycles. The van der Waals surface area contributed by atoms with Crippen molar-refractivity contribution in [2.75, 3.05) is 13.7 Å². The van der Waals surface area contributed by atoms with Gasteiger partial charge in [-0.05, 0) is 24.1 Å². The molecule has 6 nitrogen and oxygen atoms in total. The van der Waals surface area contributed by atoms with Crippen LogP contribution in [0.25, 0.3) is 0 Å². The SMILES string of the molecule is COc1cc(CCc2nnc(CCN)o2)ccc1O. The van der Waals surface area contributed by atoms with Gasteiger partial charge in [0, 0.05) is 19.4 Å². The Morgan fingerprint density at radius 3 is 2.63 bits per heavy atom. The number of nitrogens with zero attached hydrogens (tertiary/aromatic N) is 2. The fourth-order valence-electron chi connectivity index (χ4n) is 1.74. The molecule has 0 saturated carbocycles. The number of aromatic hydroxyl groups is 1. The van der Waals surface area contributed by atoms with Crippen LogP contribution >= 0.6 is 0 Å². The maximum atomic E-state index is 9.50. The van der Waals surface area contributed by atoms with Crippen molar-refractivity contribution in [3.8, 4) is 11.5 Å². The van der Waals surface area contributed by atoms with Gasteiger partial charge in [-0.1, -0.05) is 6.07 Å². The predicted molar refractivity (Wildman–Crippen MR) is 69.1 cm³/mol. The summed E-state index contributed by atoms with van der Waals surface area (Å²) < 4.78 is 10.5.